The number of hydrogen-bond donors (Lipinski definition) is 0. The molecule has 0 atom stereocenters. The lowest BCUT2D eigenvalue weighted by atomic mass is 10.0. The van der Waals surface area contributed by atoms with E-state index in [0.717, 1.165) is 0 Å². The molecule has 0 amide bonds. The highest BCUT2D eigenvalue weighted by Gasteiger charge is 2.21. The minimum absolute atomic E-state index is 0.682. The second-order valence-corrected chi connectivity index (χ2v) is 7.13. The van der Waals surface area contributed by atoms with Gasteiger partial charge in [-0.2, -0.15) is 0 Å². The first-order valence-corrected chi connectivity index (χ1v) is 8.64. The Morgan fingerprint density at radius 3 is 1.30 bits per heavy atom. The SMILES string of the molecule is Cc1cccc(C)c1C[P+](=O)Cc1c(C)cccc1C. The molecule has 0 heterocycles. The molecule has 20 heavy (non-hydrogen) atoms. The van der Waals surface area contributed by atoms with Gasteiger partial charge in [-0.25, -0.2) is 0 Å². The smallest absolute Gasteiger partial charge is 0.0740 e. The summed E-state index contributed by atoms with van der Waals surface area (Å²) in [7, 11) is -1.25. The van der Waals surface area contributed by atoms with Gasteiger partial charge in [0.05, 0.1) is 0 Å². The van der Waals surface area contributed by atoms with E-state index in [1.165, 1.54) is 33.4 Å². The fourth-order valence-corrected chi connectivity index (χ4v) is 4.42. The summed E-state index contributed by atoms with van der Waals surface area (Å²) in [6.45, 7) is 8.41. The summed E-state index contributed by atoms with van der Waals surface area (Å²) in [6, 6.07) is 12.5. The Kier molecular flexibility index (Phi) is 4.73. The molecule has 0 saturated heterocycles. The molecule has 0 aliphatic heterocycles. The van der Waals surface area contributed by atoms with Crippen LogP contribution in [0.25, 0.3) is 0 Å². The van der Waals surface area contributed by atoms with Crippen molar-refractivity contribution in [2.75, 3.05) is 0 Å². The van der Waals surface area contributed by atoms with Crippen LogP contribution in [0.4, 0.5) is 0 Å². The zero-order valence-corrected chi connectivity index (χ0v) is 13.6. The van der Waals surface area contributed by atoms with Gasteiger partial charge in [-0.15, -0.1) is 0 Å². The average molecular weight is 285 g/mol. The lowest BCUT2D eigenvalue weighted by molar-refractivity contribution is 0.586. The monoisotopic (exact) mass is 285 g/mol. The zero-order valence-electron chi connectivity index (χ0n) is 12.7. The van der Waals surface area contributed by atoms with E-state index in [9.17, 15) is 4.57 Å². The molecule has 1 nitrogen and oxygen atoms in total. The maximum absolute atomic E-state index is 12.5. The Labute approximate surface area is 122 Å². The summed E-state index contributed by atoms with van der Waals surface area (Å²) in [4.78, 5) is 0. The number of rotatable bonds is 4. The Bertz CT molecular complexity index is 548. The van der Waals surface area contributed by atoms with Crippen LogP contribution in [0.3, 0.4) is 0 Å². The van der Waals surface area contributed by atoms with E-state index in [0.29, 0.717) is 12.3 Å². The number of aryl methyl sites for hydroxylation is 4. The van der Waals surface area contributed by atoms with Crippen LogP contribution in [0.1, 0.15) is 33.4 Å². The lowest BCUT2D eigenvalue weighted by Gasteiger charge is -2.06. The van der Waals surface area contributed by atoms with Crippen LogP contribution in [0.5, 0.6) is 0 Å². The largest absolute Gasteiger partial charge is 0.348 e. The van der Waals surface area contributed by atoms with Gasteiger partial charge in [-0.3, -0.25) is 0 Å². The first kappa shape index (κ1) is 14.9. The van der Waals surface area contributed by atoms with E-state index in [1.807, 2.05) is 0 Å². The lowest BCUT2D eigenvalue weighted by Crippen LogP contribution is -1.94. The quantitative estimate of drug-likeness (QED) is 0.683. The van der Waals surface area contributed by atoms with E-state index in [2.05, 4.69) is 64.1 Å². The second kappa shape index (κ2) is 6.33. The van der Waals surface area contributed by atoms with E-state index in [4.69, 9.17) is 0 Å². The first-order valence-electron chi connectivity index (χ1n) is 7.01. The molecule has 0 N–H and O–H groups in total. The van der Waals surface area contributed by atoms with Gasteiger partial charge in [0.15, 0.2) is 12.3 Å². The van der Waals surface area contributed by atoms with Crippen LogP contribution in [0.15, 0.2) is 36.4 Å². The minimum Gasteiger partial charge on any atom is -0.0740 e. The van der Waals surface area contributed by atoms with Gasteiger partial charge in [-0.05, 0) is 49.9 Å². The topological polar surface area (TPSA) is 17.1 Å². The minimum atomic E-state index is -1.25. The van der Waals surface area contributed by atoms with Gasteiger partial charge in [-0.1, -0.05) is 41.0 Å². The van der Waals surface area contributed by atoms with Crippen molar-refractivity contribution in [3.05, 3.63) is 69.8 Å². The van der Waals surface area contributed by atoms with Crippen molar-refractivity contribution < 1.29 is 4.57 Å². The number of benzene rings is 2. The Hall–Kier alpha value is -1.46. The highest BCUT2D eigenvalue weighted by atomic mass is 31.1. The molecule has 0 unspecified atom stereocenters. The van der Waals surface area contributed by atoms with Gasteiger partial charge in [0, 0.05) is 11.1 Å². The number of hydrogen-bond acceptors (Lipinski definition) is 1. The van der Waals surface area contributed by atoms with Crippen molar-refractivity contribution in [3.63, 3.8) is 0 Å². The highest BCUT2D eigenvalue weighted by Crippen LogP contribution is 2.35. The van der Waals surface area contributed by atoms with Crippen LogP contribution < -0.4 is 0 Å². The molecule has 0 bridgehead atoms. The van der Waals surface area contributed by atoms with Gasteiger partial charge >= 0.3 is 7.80 Å². The summed E-state index contributed by atoms with van der Waals surface area (Å²) in [5.41, 5.74) is 7.48. The van der Waals surface area contributed by atoms with Gasteiger partial charge < -0.3 is 0 Å². The van der Waals surface area contributed by atoms with Gasteiger partial charge in [0.2, 0.25) is 0 Å². The van der Waals surface area contributed by atoms with Crippen molar-refractivity contribution in [1.82, 2.24) is 0 Å². The molecule has 0 saturated carbocycles. The molecule has 2 aromatic rings. The predicted molar refractivity (Wildman–Crippen MR) is 86.8 cm³/mol. The molecule has 2 heteroatoms. The van der Waals surface area contributed by atoms with E-state index >= 15 is 0 Å². The Balaban J connectivity index is 2.18. The van der Waals surface area contributed by atoms with Crippen molar-refractivity contribution in [2.45, 2.75) is 40.0 Å². The zero-order chi connectivity index (χ0) is 14.7. The van der Waals surface area contributed by atoms with Crippen LogP contribution in [0.2, 0.25) is 0 Å². The van der Waals surface area contributed by atoms with Crippen LogP contribution >= 0.6 is 7.80 Å². The molecular weight excluding hydrogens is 263 g/mol. The normalized spacial score (nSPS) is 10.6. The summed E-state index contributed by atoms with van der Waals surface area (Å²) < 4.78 is 12.5. The summed E-state index contributed by atoms with van der Waals surface area (Å²) in [6.07, 6.45) is 1.36. The predicted octanol–water partition coefficient (Wildman–Crippen LogP) is 5.45. The molecule has 0 fully saturated rings. The van der Waals surface area contributed by atoms with Crippen LogP contribution in [-0.2, 0) is 16.9 Å². The third-order valence-electron chi connectivity index (χ3n) is 3.96. The van der Waals surface area contributed by atoms with Crippen molar-refractivity contribution in [2.24, 2.45) is 0 Å². The standard InChI is InChI=1S/C18H22OP/c1-13-7-5-8-14(2)17(13)11-20(19)12-18-15(3)9-6-10-16(18)4/h5-10H,11-12H2,1-4H3/q+1. The highest BCUT2D eigenvalue weighted by molar-refractivity contribution is 7.42. The first-order chi connectivity index (χ1) is 9.49. The third kappa shape index (κ3) is 3.35. The molecule has 104 valence electrons. The molecular formula is C18H22OP+. The average Bonchev–Trinajstić information content (AvgIpc) is 2.39. The van der Waals surface area contributed by atoms with Crippen molar-refractivity contribution >= 4 is 7.80 Å². The molecule has 2 rings (SSSR count). The molecule has 0 radical (unpaired) electrons. The van der Waals surface area contributed by atoms with E-state index < -0.39 is 7.80 Å². The van der Waals surface area contributed by atoms with Gasteiger partial charge in [0.1, 0.15) is 0 Å². The maximum atomic E-state index is 12.5. The maximum Gasteiger partial charge on any atom is 0.348 e. The Morgan fingerprint density at radius 2 is 1.00 bits per heavy atom. The third-order valence-corrected chi connectivity index (χ3v) is 5.30. The molecule has 2 aromatic carbocycles. The van der Waals surface area contributed by atoms with Gasteiger partial charge in [0.25, 0.3) is 0 Å². The van der Waals surface area contributed by atoms with Crippen LogP contribution in [0, 0.1) is 27.7 Å². The second-order valence-electron chi connectivity index (χ2n) is 5.54. The molecule has 0 aliphatic rings. The summed E-state index contributed by atoms with van der Waals surface area (Å²) in [5.74, 6) is 0. The fourth-order valence-electron chi connectivity index (χ4n) is 2.61. The summed E-state index contributed by atoms with van der Waals surface area (Å²) in [5, 5.41) is 0. The fraction of sp³-hybridized carbons (Fsp3) is 0.333. The molecule has 0 aliphatic carbocycles. The summed E-state index contributed by atoms with van der Waals surface area (Å²) >= 11 is 0. The van der Waals surface area contributed by atoms with E-state index in [1.54, 1.807) is 0 Å². The van der Waals surface area contributed by atoms with Crippen molar-refractivity contribution in [1.29, 1.82) is 0 Å². The van der Waals surface area contributed by atoms with Crippen LogP contribution in [-0.4, -0.2) is 0 Å². The Morgan fingerprint density at radius 1 is 0.700 bits per heavy atom. The molecule has 0 aromatic heterocycles. The molecule has 0 spiro atoms. The van der Waals surface area contributed by atoms with Crippen molar-refractivity contribution in [3.8, 4) is 0 Å². The van der Waals surface area contributed by atoms with E-state index in [-0.39, 0.29) is 0 Å².